The van der Waals surface area contributed by atoms with E-state index in [4.69, 9.17) is 61.6 Å². The average molecular weight is 1470 g/mol. The number of nitrogens with one attached hydrogen (secondary N) is 4. The summed E-state index contributed by atoms with van der Waals surface area (Å²) in [5.74, 6) is -9.04. The lowest BCUT2D eigenvalue weighted by Crippen LogP contribution is -2.72. The lowest BCUT2D eigenvalue weighted by Gasteiger charge is -2.51. The highest BCUT2D eigenvalue weighted by Crippen LogP contribution is 2.41. The minimum atomic E-state index is -5.22. The summed E-state index contributed by atoms with van der Waals surface area (Å²) < 4.78 is 113. The van der Waals surface area contributed by atoms with E-state index in [0.29, 0.717) is 0 Å². The molecule has 7 saturated heterocycles. The highest BCUT2D eigenvalue weighted by molar-refractivity contribution is 7.80. The Morgan fingerprint density at radius 2 is 0.949 bits per heavy atom. The van der Waals surface area contributed by atoms with Gasteiger partial charge in [-0.3, -0.25) is 23.7 Å². The molecule has 0 unspecified atom stereocenters. The van der Waals surface area contributed by atoms with Crippen molar-refractivity contribution in [1.82, 2.24) is 21.3 Å². The number of aliphatic hydroxyl groups excluding tert-OH is 18. The van der Waals surface area contributed by atoms with Crippen molar-refractivity contribution < 1.29 is 200 Å². The van der Waals surface area contributed by atoms with Gasteiger partial charge in [-0.05, 0) is 6.92 Å². The molecule has 0 bridgehead atoms. The molecule has 4 amide bonds. The molecular weight excluding hydrogens is 1380 g/mol. The molecule has 0 aliphatic carbocycles. The second-order valence-electron chi connectivity index (χ2n) is 24.5. The van der Waals surface area contributed by atoms with Crippen molar-refractivity contribution in [2.45, 2.75) is 261 Å². The highest BCUT2D eigenvalue weighted by Gasteiger charge is 2.62. The molecule has 7 rings (SSSR count). The van der Waals surface area contributed by atoms with Gasteiger partial charge < -0.3 is 180 Å². The summed E-state index contributed by atoms with van der Waals surface area (Å²) in [5.41, 5.74) is 0. The largest absolute Gasteiger partial charge is 0.477 e. The molecule has 7 aliphatic rings. The van der Waals surface area contributed by atoms with Gasteiger partial charge in [0.25, 0.3) is 5.79 Å². The van der Waals surface area contributed by atoms with Crippen LogP contribution in [-0.4, -0.2) is 400 Å². The van der Waals surface area contributed by atoms with Gasteiger partial charge in [0.1, 0.15) is 159 Å². The van der Waals surface area contributed by atoms with Gasteiger partial charge in [-0.1, -0.05) is 0 Å². The Labute approximate surface area is 560 Å². The first-order chi connectivity index (χ1) is 46.3. The van der Waals surface area contributed by atoms with Crippen molar-refractivity contribution in [1.29, 1.82) is 0 Å². The van der Waals surface area contributed by atoms with E-state index in [1.165, 1.54) is 6.92 Å². The predicted octanol–water partition coefficient (Wildman–Crippen LogP) is -15.6. The van der Waals surface area contributed by atoms with Gasteiger partial charge in [0.15, 0.2) is 37.7 Å². The van der Waals surface area contributed by atoms with Crippen LogP contribution in [0.4, 0.5) is 0 Å². The summed E-state index contributed by atoms with van der Waals surface area (Å²) in [4.78, 5) is 64.1. The summed E-state index contributed by atoms with van der Waals surface area (Å²) in [6.45, 7) is -1.90. The number of hydrogen-bond acceptors (Lipinski definition) is 39. The number of carbonyl (C=O) groups excluding carboxylic acids is 4. The zero-order chi connectivity index (χ0) is 73.8. The second-order valence-corrected chi connectivity index (χ2v) is 25.6. The zero-order valence-corrected chi connectivity index (χ0v) is 53.9. The van der Waals surface area contributed by atoms with Crippen LogP contribution in [0.15, 0.2) is 0 Å². The second kappa shape index (κ2) is 34.7. The fraction of sp³-hybridized carbons (Fsp3) is 0.906. The van der Waals surface area contributed by atoms with Crippen LogP contribution in [0.3, 0.4) is 0 Å². The standard InChI is InChI=1S/C53H88N4O41S/c1-13-29(68)35(74)37(76)49(87-13)96-44-28(57-17(5)65)47(90-22(10-61)41(44)94-50-38(77)36(75)31(70)24(92-50)12-86-99(82,83)84)85-11-23-33(72)42(27(46(79)88-23)56-16(4)64)95-48-26(55-15(3)63)34(73)40(21(9-60)91-48)93-51-39(78)45(32(71)20(8-59)89-51)98-53(52(80)81)6-18(66)25(54-14(2)62)43(97-53)30(69)19(67)7-58/h13,18-51,58-61,66-79H,6-12H2,1-5H3,(H,54,62)(H,55,63)(H,56,64)(H,57,65)(H,80,81)(H,82,83,84)/t13-,18-,19+,20+,21+,22+,23+,24+,25+,26+,27+,28+,29+,30+,31-,32-,33-,34+,35+,36-,37-,38+,39+,40+,41+,42+,43+,44+,45-,46-,47+,48-,49-,50-,51-,53-/m0/s1. The van der Waals surface area contributed by atoms with Crippen molar-refractivity contribution in [3.8, 4) is 0 Å². The minimum Gasteiger partial charge on any atom is -0.477 e. The maximum atomic E-state index is 13.1. The highest BCUT2D eigenvalue weighted by atomic mass is 32.3. The van der Waals surface area contributed by atoms with E-state index < -0.39 is 306 Å². The van der Waals surface area contributed by atoms with Crippen LogP contribution in [0, 0.1) is 0 Å². The van der Waals surface area contributed by atoms with Crippen molar-refractivity contribution in [3.63, 3.8) is 0 Å². The number of carboxylic acid groups (broad SMARTS) is 1. The Bertz CT molecular complexity index is 2790. The van der Waals surface area contributed by atoms with E-state index in [2.05, 4.69) is 25.5 Å². The normalized spacial score (nSPS) is 45.2. The average Bonchev–Trinajstić information content (AvgIpc) is 0.763. The monoisotopic (exact) mass is 1470 g/mol. The summed E-state index contributed by atoms with van der Waals surface area (Å²) in [5, 5.41) is 218. The summed E-state index contributed by atoms with van der Waals surface area (Å²) in [6.07, 6.45) is -65.7. The first-order valence-corrected chi connectivity index (χ1v) is 32.1. The number of ether oxygens (including phenoxy) is 13. The lowest BCUT2D eigenvalue weighted by molar-refractivity contribution is -0.385. The number of carboxylic acids is 1. The molecule has 7 aliphatic heterocycles. The topological polar surface area (TPSA) is 701 Å². The first-order valence-electron chi connectivity index (χ1n) is 30.7. The van der Waals surface area contributed by atoms with Gasteiger partial charge in [0, 0.05) is 34.1 Å². The van der Waals surface area contributed by atoms with Gasteiger partial charge in [-0.2, -0.15) is 8.42 Å². The Kier molecular flexibility index (Phi) is 28.8. The fourth-order valence-electron chi connectivity index (χ4n) is 12.3. The third-order valence-electron chi connectivity index (χ3n) is 17.3. The predicted molar refractivity (Wildman–Crippen MR) is 304 cm³/mol. The summed E-state index contributed by atoms with van der Waals surface area (Å²) in [6, 6.07) is -7.40. The fourth-order valence-corrected chi connectivity index (χ4v) is 12.6. The van der Waals surface area contributed by atoms with Gasteiger partial charge in [0.05, 0.1) is 57.9 Å². The molecule has 36 atom stereocenters. The van der Waals surface area contributed by atoms with Crippen LogP contribution in [0.5, 0.6) is 0 Å². The molecule has 46 heteroatoms. The van der Waals surface area contributed by atoms with Crippen LogP contribution in [0.1, 0.15) is 41.0 Å². The molecule has 0 aromatic rings. The van der Waals surface area contributed by atoms with E-state index in [1.54, 1.807) is 0 Å². The molecule has 0 spiro atoms. The van der Waals surface area contributed by atoms with Crippen LogP contribution in [0.2, 0.25) is 0 Å². The maximum Gasteiger partial charge on any atom is 0.397 e. The minimum absolute atomic E-state index is 0.853. The summed E-state index contributed by atoms with van der Waals surface area (Å²) >= 11 is 0. The molecule has 99 heavy (non-hydrogen) atoms. The smallest absolute Gasteiger partial charge is 0.397 e. The molecule has 572 valence electrons. The molecule has 45 nitrogen and oxygen atoms in total. The third-order valence-corrected chi connectivity index (χ3v) is 17.7. The SMILES string of the molecule is CC(=O)N[C@@H]1[C@@H](O[C@@H]2O[C@H](CO)[C@@H](O[C@@H]3O[C@H](CO)[C@H](O)[C@H](O[C@]4(C(=O)O)C[C@H](O)[C@@H](NC(C)=O)[C@H]([C@H](O)[C@H](O)CO)O4)[C@H]3O)[C@H](O)[C@H]2NC(C)=O)[C@@H](O)[C@@H](CO[C@@H]2O[C@H](CO)[C@@H](O[C@@H]3O[C@H](COS(=O)(=O)O)[C@H](O)[C@H](O)[C@H]3O)[C@H](O[C@@H]3O[C@@H](C)[C@@H](O)[C@@H](O)[C@@H]3O)[C@H]2NC(C)=O)O[C@@H]1O. The van der Waals surface area contributed by atoms with Gasteiger partial charge in [-0.15, -0.1) is 0 Å². The van der Waals surface area contributed by atoms with E-state index in [9.17, 15) is 134 Å². The van der Waals surface area contributed by atoms with Crippen molar-refractivity contribution in [3.05, 3.63) is 0 Å². The zero-order valence-electron chi connectivity index (χ0n) is 53.1. The van der Waals surface area contributed by atoms with Crippen LogP contribution < -0.4 is 21.3 Å². The molecule has 7 fully saturated rings. The number of hydrogen-bond donors (Lipinski definition) is 24. The van der Waals surface area contributed by atoms with E-state index in [-0.39, 0.29) is 0 Å². The molecule has 7 heterocycles. The third kappa shape index (κ3) is 19.1. The van der Waals surface area contributed by atoms with Crippen molar-refractivity contribution >= 4 is 40.0 Å². The van der Waals surface area contributed by atoms with Crippen LogP contribution in [-0.2, 0) is 100 Å². The van der Waals surface area contributed by atoms with E-state index in [0.717, 1.165) is 27.7 Å². The molecular formula is C53H88N4O41S. The van der Waals surface area contributed by atoms with Gasteiger partial charge in [0.2, 0.25) is 23.6 Å². The molecule has 24 N–H and O–H groups in total. The van der Waals surface area contributed by atoms with Crippen LogP contribution in [0.25, 0.3) is 0 Å². The Morgan fingerprint density at radius 1 is 0.485 bits per heavy atom. The molecule has 0 saturated carbocycles. The van der Waals surface area contributed by atoms with E-state index >= 15 is 0 Å². The quantitative estimate of drug-likeness (QED) is 0.0340. The Balaban J connectivity index is 1.16. The lowest BCUT2D eigenvalue weighted by atomic mass is 9.88. The van der Waals surface area contributed by atoms with Crippen LogP contribution >= 0.6 is 0 Å². The number of amides is 4. The first kappa shape index (κ1) is 82.3. The van der Waals surface area contributed by atoms with Crippen molar-refractivity contribution in [2.75, 3.05) is 39.6 Å². The number of aliphatic carboxylic acids is 1. The molecule has 0 aromatic heterocycles. The summed E-state index contributed by atoms with van der Waals surface area (Å²) in [7, 11) is -5.22. The number of carbonyl (C=O) groups is 5. The van der Waals surface area contributed by atoms with Gasteiger partial charge in [-0.25, -0.2) is 8.98 Å². The number of rotatable bonds is 27. The van der Waals surface area contributed by atoms with Gasteiger partial charge >= 0.3 is 16.4 Å². The van der Waals surface area contributed by atoms with E-state index in [1.807, 2.05) is 0 Å². The molecule has 0 aromatic carbocycles. The van der Waals surface area contributed by atoms with Crippen molar-refractivity contribution in [2.24, 2.45) is 0 Å². The Hall–Kier alpha value is -4.02. The molecule has 0 radical (unpaired) electrons. The number of aliphatic hydroxyl groups is 18. The maximum absolute atomic E-state index is 13.1. The Morgan fingerprint density at radius 3 is 1.52 bits per heavy atom.